The maximum absolute atomic E-state index is 14.6. The average molecular weight is 522 g/mol. The van der Waals surface area contributed by atoms with Crippen molar-refractivity contribution in [2.45, 2.75) is 116 Å². The number of Topliss-reactive ketones (excluding diaryl/α,β-unsaturated/α-hetero) is 1. The summed E-state index contributed by atoms with van der Waals surface area (Å²) in [6.45, 7) is 8.45. The predicted molar refractivity (Wildman–Crippen MR) is 146 cm³/mol. The summed E-state index contributed by atoms with van der Waals surface area (Å²) in [5.41, 5.74) is 0.0274. The van der Waals surface area contributed by atoms with E-state index in [1.807, 2.05) is 4.90 Å². The molecule has 1 amide bonds. The molecular weight excluding hydrogens is 474 g/mol. The molecule has 4 saturated carbocycles. The van der Waals surface area contributed by atoms with Gasteiger partial charge in [-0.1, -0.05) is 58.3 Å². The van der Waals surface area contributed by atoms with Gasteiger partial charge in [-0.05, 0) is 81.5 Å². The third-order valence-corrected chi connectivity index (χ3v) is 13.4. The summed E-state index contributed by atoms with van der Waals surface area (Å²) < 4.78 is 6.41. The molecule has 1 saturated heterocycles. The van der Waals surface area contributed by atoms with Crippen LogP contribution in [0.3, 0.4) is 0 Å². The number of hydrogen-bond donors (Lipinski definition) is 1. The number of carbonyl (C=O) groups excluding carboxylic acids is 2. The maximum atomic E-state index is 14.6. The Morgan fingerprint density at radius 3 is 2.47 bits per heavy atom. The van der Waals surface area contributed by atoms with Crippen LogP contribution in [0.15, 0.2) is 23.8 Å². The summed E-state index contributed by atoms with van der Waals surface area (Å²) >= 11 is 0. The number of ether oxygens (including phenoxy) is 1. The molecule has 0 aromatic rings. The van der Waals surface area contributed by atoms with Crippen molar-refractivity contribution in [2.75, 3.05) is 13.1 Å². The first-order valence-corrected chi connectivity index (χ1v) is 15.8. The van der Waals surface area contributed by atoms with Gasteiger partial charge >= 0.3 is 6.09 Å². The van der Waals surface area contributed by atoms with E-state index in [0.29, 0.717) is 24.2 Å². The zero-order valence-corrected chi connectivity index (χ0v) is 23.8. The van der Waals surface area contributed by atoms with Gasteiger partial charge in [0.25, 0.3) is 0 Å². The standard InChI is InChI=1S/C33H47NO4/c1-4-18-34-21-32(38-28(34)37)15-12-26-30(32,3)14-11-25-29(2)13-10-23(35)19-31(29)16-17-33(25,26)24(20-31)27(36)22-8-6-5-7-9-22/h16-17,20,22-23,25-26,35H,4-15,18-19,21H2,1-3H3. The van der Waals surface area contributed by atoms with E-state index in [4.69, 9.17) is 4.74 Å². The fourth-order valence-corrected chi connectivity index (χ4v) is 11.4. The molecule has 5 heteroatoms. The Kier molecular flexibility index (Phi) is 5.48. The number of ketones is 1. The normalized spacial score (nSPS) is 49.5. The fraction of sp³-hybridized carbons (Fsp3) is 0.818. The van der Waals surface area contributed by atoms with Gasteiger partial charge in [0.1, 0.15) is 5.60 Å². The van der Waals surface area contributed by atoms with Gasteiger partial charge in [-0.25, -0.2) is 4.79 Å². The van der Waals surface area contributed by atoms with E-state index in [0.717, 1.165) is 89.2 Å². The number of fused-ring (bicyclic) bond motifs is 2. The number of allylic oxidation sites excluding steroid dienone is 4. The SMILES string of the molecule is CCCN1CC2(CCC3C45C=CC6(C=C4C(=O)C4CCCCC4)CC(O)CCC6(C)C5CCC32C)OC1=O. The highest BCUT2D eigenvalue weighted by atomic mass is 16.6. The molecule has 8 unspecified atom stereocenters. The highest BCUT2D eigenvalue weighted by Gasteiger charge is 2.76. The molecule has 208 valence electrons. The third-order valence-electron chi connectivity index (χ3n) is 13.4. The Morgan fingerprint density at radius 2 is 1.71 bits per heavy atom. The molecule has 1 N–H and O–H groups in total. The molecule has 7 aliphatic carbocycles. The predicted octanol–water partition coefficient (Wildman–Crippen LogP) is 6.60. The van der Waals surface area contributed by atoms with Crippen molar-refractivity contribution >= 4 is 11.9 Å². The monoisotopic (exact) mass is 521 g/mol. The van der Waals surface area contributed by atoms with Crippen LogP contribution in [0.5, 0.6) is 0 Å². The molecule has 38 heavy (non-hydrogen) atoms. The van der Waals surface area contributed by atoms with Crippen LogP contribution in [-0.2, 0) is 9.53 Å². The minimum Gasteiger partial charge on any atom is -0.440 e. The number of hydrogen-bond acceptors (Lipinski definition) is 4. The van der Waals surface area contributed by atoms with Gasteiger partial charge in [0.2, 0.25) is 0 Å². The number of amides is 1. The lowest BCUT2D eigenvalue weighted by Gasteiger charge is -2.71. The lowest BCUT2D eigenvalue weighted by molar-refractivity contribution is -0.169. The minimum atomic E-state index is -0.452. The van der Waals surface area contributed by atoms with Crippen molar-refractivity contribution in [3.05, 3.63) is 23.8 Å². The smallest absolute Gasteiger partial charge is 0.410 e. The number of aliphatic hydroxyl groups is 1. The van der Waals surface area contributed by atoms with Crippen LogP contribution in [0.4, 0.5) is 4.79 Å². The molecule has 5 fully saturated rings. The molecule has 2 bridgehead atoms. The second-order valence-corrected chi connectivity index (χ2v) is 14.8. The van der Waals surface area contributed by atoms with Gasteiger partial charge in [0.05, 0.1) is 12.6 Å². The van der Waals surface area contributed by atoms with Crippen molar-refractivity contribution in [2.24, 2.45) is 39.4 Å². The highest BCUT2D eigenvalue weighted by Crippen LogP contribution is 2.79. The first kappa shape index (κ1) is 25.4. The molecular formula is C33H47NO4. The average Bonchev–Trinajstić information content (AvgIpc) is 3.39. The largest absolute Gasteiger partial charge is 0.440 e. The first-order valence-electron chi connectivity index (χ1n) is 15.8. The Labute approximate surface area is 228 Å². The molecule has 0 radical (unpaired) electrons. The van der Waals surface area contributed by atoms with E-state index in [1.165, 1.54) is 6.42 Å². The molecule has 0 aromatic carbocycles. The summed E-state index contributed by atoms with van der Waals surface area (Å²) in [6, 6.07) is 0. The van der Waals surface area contributed by atoms with E-state index >= 15 is 0 Å². The second kappa shape index (κ2) is 8.21. The first-order chi connectivity index (χ1) is 18.1. The van der Waals surface area contributed by atoms with Gasteiger partial charge in [0, 0.05) is 34.3 Å². The summed E-state index contributed by atoms with van der Waals surface area (Å²) in [5, 5.41) is 10.9. The van der Waals surface area contributed by atoms with Crippen LogP contribution in [0.25, 0.3) is 0 Å². The zero-order valence-electron chi connectivity index (χ0n) is 23.8. The van der Waals surface area contributed by atoms with E-state index in [1.54, 1.807) is 0 Å². The number of carbonyl (C=O) groups is 2. The van der Waals surface area contributed by atoms with Crippen molar-refractivity contribution < 1.29 is 19.4 Å². The van der Waals surface area contributed by atoms with Crippen LogP contribution in [0, 0.1) is 39.4 Å². The van der Waals surface area contributed by atoms with Gasteiger partial charge in [-0.2, -0.15) is 0 Å². The van der Waals surface area contributed by atoms with Gasteiger partial charge in [-0.15, -0.1) is 0 Å². The summed E-state index contributed by atoms with van der Waals surface area (Å²) in [7, 11) is 0. The summed E-state index contributed by atoms with van der Waals surface area (Å²) in [6.07, 6.45) is 20.0. The van der Waals surface area contributed by atoms with Crippen LogP contribution >= 0.6 is 0 Å². The summed E-state index contributed by atoms with van der Waals surface area (Å²) in [4.78, 5) is 29.6. The number of nitrogens with zero attached hydrogens (tertiary/aromatic N) is 1. The lowest BCUT2D eigenvalue weighted by atomic mass is 9.32. The Morgan fingerprint density at radius 1 is 1.00 bits per heavy atom. The van der Waals surface area contributed by atoms with E-state index in [9.17, 15) is 14.7 Å². The lowest BCUT2D eigenvalue weighted by Crippen LogP contribution is -2.67. The van der Waals surface area contributed by atoms with Crippen molar-refractivity contribution in [1.82, 2.24) is 4.90 Å². The second-order valence-electron chi connectivity index (χ2n) is 14.8. The van der Waals surface area contributed by atoms with Crippen molar-refractivity contribution in [1.29, 1.82) is 0 Å². The molecule has 1 heterocycles. The Bertz CT molecular complexity index is 1110. The maximum Gasteiger partial charge on any atom is 0.410 e. The molecule has 8 aliphatic rings. The Hall–Kier alpha value is -1.62. The highest BCUT2D eigenvalue weighted by molar-refractivity contribution is 6.00. The molecule has 5 nitrogen and oxygen atoms in total. The van der Waals surface area contributed by atoms with Gasteiger partial charge in [-0.3, -0.25) is 4.79 Å². The Balaban J connectivity index is 1.36. The van der Waals surface area contributed by atoms with Crippen LogP contribution in [0.2, 0.25) is 0 Å². The molecule has 0 aromatic heterocycles. The number of rotatable bonds is 4. The van der Waals surface area contributed by atoms with Crippen LogP contribution in [-0.4, -0.2) is 46.7 Å². The fourth-order valence-electron chi connectivity index (χ4n) is 11.4. The van der Waals surface area contributed by atoms with Crippen molar-refractivity contribution in [3.8, 4) is 0 Å². The van der Waals surface area contributed by atoms with E-state index in [2.05, 4.69) is 39.0 Å². The molecule has 3 spiro atoms. The number of aliphatic hydroxyl groups excluding tert-OH is 1. The van der Waals surface area contributed by atoms with E-state index in [-0.39, 0.29) is 39.8 Å². The quantitative estimate of drug-likeness (QED) is 0.424. The molecule has 8 rings (SSSR count). The molecule has 8 atom stereocenters. The molecule has 1 aliphatic heterocycles. The van der Waals surface area contributed by atoms with Crippen LogP contribution < -0.4 is 0 Å². The summed E-state index contributed by atoms with van der Waals surface area (Å²) in [5.74, 6) is 1.24. The van der Waals surface area contributed by atoms with Gasteiger partial charge < -0.3 is 14.7 Å². The minimum absolute atomic E-state index is 0.0506. The van der Waals surface area contributed by atoms with Crippen LogP contribution in [0.1, 0.15) is 104 Å². The van der Waals surface area contributed by atoms with Gasteiger partial charge in [0.15, 0.2) is 5.78 Å². The van der Waals surface area contributed by atoms with Crippen molar-refractivity contribution in [3.63, 3.8) is 0 Å². The van der Waals surface area contributed by atoms with E-state index < -0.39 is 5.60 Å². The topological polar surface area (TPSA) is 66.8 Å². The zero-order chi connectivity index (χ0) is 26.6. The third kappa shape index (κ3) is 2.93.